The zero-order valence-electron chi connectivity index (χ0n) is 13.5. The lowest BCUT2D eigenvalue weighted by atomic mass is 10.1. The molecule has 1 aromatic heterocycles. The zero-order valence-corrected chi connectivity index (χ0v) is 14.3. The predicted molar refractivity (Wildman–Crippen MR) is 96.7 cm³/mol. The number of aromatic amines is 1. The van der Waals surface area contributed by atoms with Crippen LogP contribution in [0.25, 0.3) is 0 Å². The zero-order chi connectivity index (χ0) is 17.3. The fraction of sp³-hybridized carbons (Fsp3) is 0.167. The van der Waals surface area contributed by atoms with Crippen LogP contribution in [0.5, 0.6) is 5.75 Å². The second-order valence-electron chi connectivity index (χ2n) is 5.19. The van der Waals surface area contributed by atoms with Gasteiger partial charge in [-0.25, -0.2) is 4.98 Å². The minimum Gasteiger partial charge on any atom is -0.492 e. The second kappa shape index (κ2) is 8.89. The molecule has 3 rings (SSSR count). The maximum absolute atomic E-state index is 12.1. The average molecular weight is 354 g/mol. The van der Waals surface area contributed by atoms with Gasteiger partial charge in [-0.15, -0.1) is 0 Å². The normalized spacial score (nSPS) is 10.4. The Balaban J connectivity index is 1.41. The molecule has 6 nitrogen and oxygen atoms in total. The minimum absolute atomic E-state index is 0.105. The number of thioether (sulfide) groups is 1. The Morgan fingerprint density at radius 3 is 2.64 bits per heavy atom. The first-order valence-corrected chi connectivity index (χ1v) is 8.83. The molecule has 0 aliphatic rings. The van der Waals surface area contributed by atoms with Crippen LogP contribution in [0.4, 0.5) is 0 Å². The molecule has 0 saturated heterocycles. The smallest absolute Gasteiger partial charge is 0.251 e. The fourth-order valence-electron chi connectivity index (χ4n) is 2.12. The molecule has 1 heterocycles. The van der Waals surface area contributed by atoms with Crippen molar-refractivity contribution in [1.29, 1.82) is 0 Å². The van der Waals surface area contributed by atoms with Gasteiger partial charge < -0.3 is 10.1 Å². The van der Waals surface area contributed by atoms with Crippen LogP contribution in [-0.4, -0.2) is 34.2 Å². The molecular formula is C18H18N4O2S. The van der Waals surface area contributed by atoms with E-state index in [4.69, 9.17) is 4.74 Å². The van der Waals surface area contributed by atoms with Crippen LogP contribution in [0.3, 0.4) is 0 Å². The van der Waals surface area contributed by atoms with E-state index in [1.165, 1.54) is 6.33 Å². The van der Waals surface area contributed by atoms with Gasteiger partial charge in [0.05, 0.1) is 6.54 Å². The van der Waals surface area contributed by atoms with E-state index in [2.05, 4.69) is 20.5 Å². The summed E-state index contributed by atoms with van der Waals surface area (Å²) in [6.45, 7) is 0.887. The summed E-state index contributed by atoms with van der Waals surface area (Å²) in [7, 11) is 0. The van der Waals surface area contributed by atoms with E-state index in [1.807, 2.05) is 54.6 Å². The Bertz CT molecular complexity index is 777. The summed E-state index contributed by atoms with van der Waals surface area (Å²) in [4.78, 5) is 16.2. The van der Waals surface area contributed by atoms with Crippen molar-refractivity contribution in [3.63, 3.8) is 0 Å². The molecule has 1 amide bonds. The Labute approximate surface area is 150 Å². The van der Waals surface area contributed by atoms with E-state index in [1.54, 1.807) is 11.8 Å². The predicted octanol–water partition coefficient (Wildman–Crippen LogP) is 2.91. The van der Waals surface area contributed by atoms with Gasteiger partial charge in [0.1, 0.15) is 18.7 Å². The fourth-order valence-corrected chi connectivity index (χ4v) is 2.85. The number of hydrogen-bond acceptors (Lipinski definition) is 5. The number of ether oxygens (including phenoxy) is 1. The highest BCUT2D eigenvalue weighted by Gasteiger charge is 2.05. The molecule has 7 heteroatoms. The summed E-state index contributed by atoms with van der Waals surface area (Å²) in [6.07, 6.45) is 1.48. The third-order valence-electron chi connectivity index (χ3n) is 3.38. The van der Waals surface area contributed by atoms with E-state index < -0.39 is 0 Å². The van der Waals surface area contributed by atoms with Crippen LogP contribution in [0.1, 0.15) is 15.9 Å². The monoisotopic (exact) mass is 354 g/mol. The molecule has 0 spiro atoms. The maximum Gasteiger partial charge on any atom is 0.251 e. The van der Waals surface area contributed by atoms with Gasteiger partial charge in [0.2, 0.25) is 0 Å². The number of carbonyl (C=O) groups is 1. The van der Waals surface area contributed by atoms with Gasteiger partial charge in [0.25, 0.3) is 5.91 Å². The van der Waals surface area contributed by atoms with Gasteiger partial charge in [-0.3, -0.25) is 9.89 Å². The van der Waals surface area contributed by atoms with Crippen LogP contribution < -0.4 is 10.1 Å². The second-order valence-corrected chi connectivity index (χ2v) is 6.16. The van der Waals surface area contributed by atoms with Crippen LogP contribution in [0, 0.1) is 0 Å². The quantitative estimate of drug-likeness (QED) is 0.480. The number of nitrogens with one attached hydrogen (secondary N) is 2. The van der Waals surface area contributed by atoms with E-state index in [0.29, 0.717) is 18.7 Å². The number of carbonyl (C=O) groups excluding carboxylic acids is 1. The maximum atomic E-state index is 12.1. The number of aromatic nitrogens is 3. The molecule has 0 saturated carbocycles. The van der Waals surface area contributed by atoms with Crippen LogP contribution >= 0.6 is 11.8 Å². The highest BCUT2D eigenvalue weighted by Crippen LogP contribution is 2.18. The molecule has 0 aliphatic heterocycles. The van der Waals surface area contributed by atoms with E-state index in [0.717, 1.165) is 22.2 Å². The van der Waals surface area contributed by atoms with Crippen molar-refractivity contribution in [3.05, 3.63) is 72.1 Å². The van der Waals surface area contributed by atoms with Gasteiger partial charge in [-0.2, -0.15) is 5.10 Å². The Morgan fingerprint density at radius 2 is 1.92 bits per heavy atom. The molecule has 0 unspecified atom stereocenters. The molecule has 0 atom stereocenters. The van der Waals surface area contributed by atoms with E-state index in [9.17, 15) is 4.79 Å². The summed E-state index contributed by atoms with van der Waals surface area (Å²) >= 11 is 1.56. The number of hydrogen-bond donors (Lipinski definition) is 2. The van der Waals surface area contributed by atoms with Crippen molar-refractivity contribution in [2.75, 3.05) is 13.2 Å². The molecule has 2 aromatic carbocycles. The van der Waals surface area contributed by atoms with Crippen molar-refractivity contribution < 1.29 is 9.53 Å². The van der Waals surface area contributed by atoms with Crippen LogP contribution in [-0.2, 0) is 5.75 Å². The summed E-state index contributed by atoms with van der Waals surface area (Å²) in [6, 6.07) is 17.1. The topological polar surface area (TPSA) is 79.9 Å². The average Bonchev–Trinajstić information content (AvgIpc) is 3.18. The van der Waals surface area contributed by atoms with Gasteiger partial charge in [0.15, 0.2) is 5.16 Å². The first-order valence-electron chi connectivity index (χ1n) is 7.84. The molecule has 0 fully saturated rings. The Morgan fingerprint density at radius 1 is 1.12 bits per heavy atom. The molecule has 0 bridgehead atoms. The molecule has 2 N–H and O–H groups in total. The number of rotatable bonds is 8. The number of amides is 1. The summed E-state index contributed by atoms with van der Waals surface area (Å²) in [5.74, 6) is 1.46. The molecule has 3 aromatic rings. The summed E-state index contributed by atoms with van der Waals surface area (Å²) in [5, 5.41) is 10.2. The lowest BCUT2D eigenvalue weighted by molar-refractivity contribution is 0.0947. The van der Waals surface area contributed by atoms with Gasteiger partial charge in [-0.1, -0.05) is 42.1 Å². The number of H-pyrrole nitrogens is 1. The molecule has 0 aliphatic carbocycles. The van der Waals surface area contributed by atoms with Crippen molar-refractivity contribution >= 4 is 17.7 Å². The Hall–Kier alpha value is -2.80. The molecular weight excluding hydrogens is 336 g/mol. The third-order valence-corrected chi connectivity index (χ3v) is 4.33. The van der Waals surface area contributed by atoms with E-state index >= 15 is 0 Å². The van der Waals surface area contributed by atoms with Gasteiger partial charge in [-0.05, 0) is 29.8 Å². The van der Waals surface area contributed by atoms with Crippen LogP contribution in [0.2, 0.25) is 0 Å². The lowest BCUT2D eigenvalue weighted by Crippen LogP contribution is -2.28. The molecule has 25 heavy (non-hydrogen) atoms. The molecule has 0 radical (unpaired) electrons. The lowest BCUT2D eigenvalue weighted by Gasteiger charge is -2.08. The number of para-hydroxylation sites is 1. The largest absolute Gasteiger partial charge is 0.492 e. The highest BCUT2D eigenvalue weighted by molar-refractivity contribution is 7.98. The number of benzene rings is 2. The van der Waals surface area contributed by atoms with Crippen molar-refractivity contribution in [3.8, 4) is 5.75 Å². The summed E-state index contributed by atoms with van der Waals surface area (Å²) in [5.41, 5.74) is 1.75. The van der Waals surface area contributed by atoms with Crippen molar-refractivity contribution in [2.45, 2.75) is 10.9 Å². The van der Waals surface area contributed by atoms with Gasteiger partial charge in [0, 0.05) is 11.3 Å². The van der Waals surface area contributed by atoms with Gasteiger partial charge >= 0.3 is 0 Å². The van der Waals surface area contributed by atoms with E-state index in [-0.39, 0.29) is 5.91 Å². The van der Waals surface area contributed by atoms with Crippen molar-refractivity contribution in [1.82, 2.24) is 20.5 Å². The minimum atomic E-state index is -0.105. The number of nitrogens with zero attached hydrogens (tertiary/aromatic N) is 2. The SMILES string of the molecule is O=C(NCCOc1ccccc1)c1ccc(CSc2ncn[nH]2)cc1. The first-order chi connectivity index (χ1) is 12.3. The standard InChI is InChI=1S/C18H18N4O2S/c23-17(19-10-11-24-16-4-2-1-3-5-16)15-8-6-14(7-9-15)12-25-18-20-13-21-22-18/h1-9,13H,10-12H2,(H,19,23)(H,20,21,22). The summed E-state index contributed by atoms with van der Waals surface area (Å²) < 4.78 is 5.55. The van der Waals surface area contributed by atoms with Crippen molar-refractivity contribution in [2.24, 2.45) is 0 Å². The molecule has 128 valence electrons. The third kappa shape index (κ3) is 5.36. The van der Waals surface area contributed by atoms with Crippen LogP contribution in [0.15, 0.2) is 66.1 Å². The Kier molecular flexibility index (Phi) is 6.06. The first kappa shape index (κ1) is 17.0. The highest BCUT2D eigenvalue weighted by atomic mass is 32.2.